The van der Waals surface area contributed by atoms with E-state index in [0.29, 0.717) is 0 Å². The molecule has 5 nitrogen and oxygen atoms in total. The molecule has 0 aromatic heterocycles. The minimum atomic E-state index is -0.358. The van der Waals surface area contributed by atoms with Gasteiger partial charge in [0.05, 0.1) is 6.10 Å². The summed E-state index contributed by atoms with van der Waals surface area (Å²) in [6.07, 6.45) is -0.763. The van der Waals surface area contributed by atoms with Gasteiger partial charge in [0.25, 0.3) is 0 Å². The molecule has 0 unspecified atom stereocenters. The highest BCUT2D eigenvalue weighted by Crippen LogP contribution is 2.31. The lowest BCUT2D eigenvalue weighted by molar-refractivity contribution is -0.265. The maximum Gasteiger partial charge on any atom is 0.186 e. The Labute approximate surface area is 83.2 Å². The van der Waals surface area contributed by atoms with Gasteiger partial charge in [-0.15, -0.1) is 0 Å². The van der Waals surface area contributed by atoms with Gasteiger partial charge in [0.1, 0.15) is 25.1 Å². The van der Waals surface area contributed by atoms with Crippen LogP contribution in [-0.2, 0) is 23.7 Å². The monoisotopic (exact) mass is 204 g/mol. The molecule has 0 aliphatic carbocycles. The van der Waals surface area contributed by atoms with Gasteiger partial charge in [-0.3, -0.25) is 0 Å². The van der Waals surface area contributed by atoms with Crippen molar-refractivity contribution in [2.75, 3.05) is 21.0 Å². The zero-order valence-corrected chi connectivity index (χ0v) is 8.64. The summed E-state index contributed by atoms with van der Waals surface area (Å²) in [6, 6.07) is 0. The molecule has 0 aromatic carbocycles. The maximum absolute atomic E-state index is 5.60. The molecule has 0 radical (unpaired) electrons. The van der Waals surface area contributed by atoms with Crippen molar-refractivity contribution in [1.29, 1.82) is 0 Å². The van der Waals surface area contributed by atoms with Crippen LogP contribution < -0.4 is 0 Å². The second kappa shape index (κ2) is 4.12. The molecule has 2 saturated heterocycles. The number of rotatable bonds is 2. The van der Waals surface area contributed by atoms with Gasteiger partial charge in [0.2, 0.25) is 0 Å². The highest BCUT2D eigenvalue weighted by atomic mass is 16.8. The zero-order chi connectivity index (χ0) is 10.1. The van der Waals surface area contributed by atoms with Crippen LogP contribution in [0.5, 0.6) is 0 Å². The fourth-order valence-electron chi connectivity index (χ4n) is 2.05. The summed E-state index contributed by atoms with van der Waals surface area (Å²) in [7, 11) is 3.25. The molecule has 5 atom stereocenters. The van der Waals surface area contributed by atoms with Gasteiger partial charge in [-0.05, 0) is 6.92 Å². The average molecular weight is 204 g/mol. The lowest BCUT2D eigenvalue weighted by Crippen LogP contribution is -2.56. The fourth-order valence-corrected chi connectivity index (χ4v) is 2.05. The molecule has 2 rings (SSSR count). The van der Waals surface area contributed by atoms with Crippen molar-refractivity contribution in [3.05, 3.63) is 0 Å². The molecule has 2 aliphatic rings. The molecule has 0 bridgehead atoms. The largest absolute Gasteiger partial charge is 0.376 e. The molecule has 0 amide bonds. The van der Waals surface area contributed by atoms with Crippen LogP contribution in [-0.4, -0.2) is 51.7 Å². The molecule has 0 N–H and O–H groups in total. The van der Waals surface area contributed by atoms with Gasteiger partial charge < -0.3 is 23.7 Å². The van der Waals surface area contributed by atoms with E-state index in [1.54, 1.807) is 14.2 Å². The minimum absolute atomic E-state index is 0.0482. The first-order chi connectivity index (χ1) is 6.77. The van der Waals surface area contributed by atoms with Crippen molar-refractivity contribution in [3.63, 3.8) is 0 Å². The van der Waals surface area contributed by atoms with Gasteiger partial charge in [-0.1, -0.05) is 0 Å². The molecule has 2 aliphatic heterocycles. The number of fused-ring (bicyclic) bond motifs is 1. The first-order valence-electron chi connectivity index (χ1n) is 4.72. The van der Waals surface area contributed by atoms with Crippen molar-refractivity contribution in [2.24, 2.45) is 0 Å². The predicted octanol–water partition coefficient (Wildman–Crippen LogP) is 0.134. The third kappa shape index (κ3) is 1.55. The summed E-state index contributed by atoms with van der Waals surface area (Å²) >= 11 is 0. The van der Waals surface area contributed by atoms with Crippen LogP contribution in [0.25, 0.3) is 0 Å². The standard InChI is InChI=1S/C9H16O5/c1-5-6(10-2)7-8(13-4-12-7)9(11-3)14-5/h5-9H,4H2,1-3H3/t5-,6-,7+,8+,9-/m0/s1. The van der Waals surface area contributed by atoms with E-state index in [-0.39, 0.29) is 37.5 Å². The normalized spacial score (nSPS) is 47.8. The van der Waals surface area contributed by atoms with Crippen molar-refractivity contribution in [3.8, 4) is 0 Å². The highest BCUT2D eigenvalue weighted by Gasteiger charge is 2.49. The first kappa shape index (κ1) is 10.3. The highest BCUT2D eigenvalue weighted by molar-refractivity contribution is 4.92. The smallest absolute Gasteiger partial charge is 0.186 e. The second-order valence-electron chi connectivity index (χ2n) is 3.53. The van der Waals surface area contributed by atoms with Gasteiger partial charge in [0.15, 0.2) is 6.29 Å². The molecule has 14 heavy (non-hydrogen) atoms. The molecular weight excluding hydrogens is 188 g/mol. The summed E-state index contributed by atoms with van der Waals surface area (Å²) in [5.74, 6) is 0. The van der Waals surface area contributed by atoms with Crippen LogP contribution in [0, 0.1) is 0 Å². The van der Waals surface area contributed by atoms with Crippen LogP contribution in [0.15, 0.2) is 0 Å². The summed E-state index contributed by atoms with van der Waals surface area (Å²) in [6.45, 7) is 2.23. The van der Waals surface area contributed by atoms with Gasteiger partial charge in [-0.25, -0.2) is 0 Å². The Hall–Kier alpha value is -0.200. The number of ether oxygens (including phenoxy) is 5. The molecule has 2 fully saturated rings. The lowest BCUT2D eigenvalue weighted by Gasteiger charge is -2.39. The third-order valence-electron chi connectivity index (χ3n) is 2.75. The molecule has 0 spiro atoms. The van der Waals surface area contributed by atoms with Crippen LogP contribution in [0.3, 0.4) is 0 Å². The van der Waals surface area contributed by atoms with Gasteiger partial charge >= 0.3 is 0 Å². The van der Waals surface area contributed by atoms with Crippen LogP contribution in [0.2, 0.25) is 0 Å². The molecule has 82 valence electrons. The molecule has 2 heterocycles. The van der Waals surface area contributed by atoms with Crippen LogP contribution in [0.1, 0.15) is 6.92 Å². The van der Waals surface area contributed by atoms with E-state index >= 15 is 0 Å². The number of hydrogen-bond donors (Lipinski definition) is 0. The molecule has 5 heteroatoms. The Morgan fingerprint density at radius 3 is 2.43 bits per heavy atom. The topological polar surface area (TPSA) is 46.2 Å². The first-order valence-corrected chi connectivity index (χ1v) is 4.72. The Bertz CT molecular complexity index is 198. The Morgan fingerprint density at radius 1 is 1.07 bits per heavy atom. The van der Waals surface area contributed by atoms with Crippen LogP contribution in [0.4, 0.5) is 0 Å². The van der Waals surface area contributed by atoms with E-state index in [9.17, 15) is 0 Å². The third-order valence-corrected chi connectivity index (χ3v) is 2.75. The van der Waals surface area contributed by atoms with Crippen molar-refractivity contribution < 1.29 is 23.7 Å². The maximum atomic E-state index is 5.60. The Kier molecular flexibility index (Phi) is 3.04. The number of hydrogen-bond acceptors (Lipinski definition) is 5. The van der Waals surface area contributed by atoms with Crippen molar-refractivity contribution >= 4 is 0 Å². The minimum Gasteiger partial charge on any atom is -0.376 e. The van der Waals surface area contributed by atoms with Gasteiger partial charge in [-0.2, -0.15) is 0 Å². The summed E-state index contributed by atoms with van der Waals surface area (Å²) in [5, 5.41) is 0. The lowest BCUT2D eigenvalue weighted by atomic mass is 10.00. The predicted molar refractivity (Wildman–Crippen MR) is 46.8 cm³/mol. The summed E-state index contributed by atoms with van der Waals surface area (Å²) in [5.41, 5.74) is 0. The van der Waals surface area contributed by atoms with E-state index in [0.717, 1.165) is 0 Å². The fraction of sp³-hybridized carbons (Fsp3) is 1.00. The van der Waals surface area contributed by atoms with Crippen molar-refractivity contribution in [1.82, 2.24) is 0 Å². The molecule has 0 aromatic rings. The quantitative estimate of drug-likeness (QED) is 0.640. The summed E-state index contributed by atoms with van der Waals surface area (Å²) in [4.78, 5) is 0. The number of methoxy groups -OCH3 is 2. The van der Waals surface area contributed by atoms with Crippen molar-refractivity contribution in [2.45, 2.75) is 37.6 Å². The summed E-state index contributed by atoms with van der Waals surface area (Å²) < 4.78 is 27.0. The average Bonchev–Trinajstić information content (AvgIpc) is 2.65. The SMILES string of the molecule is CO[C@H]1O[C@@H](C)[C@H](OC)[C@H]2OCO[C@@H]12. The van der Waals surface area contributed by atoms with E-state index < -0.39 is 0 Å². The Morgan fingerprint density at radius 2 is 1.79 bits per heavy atom. The van der Waals surface area contributed by atoms with E-state index in [1.165, 1.54) is 0 Å². The van der Waals surface area contributed by atoms with Gasteiger partial charge in [0, 0.05) is 14.2 Å². The van der Waals surface area contributed by atoms with E-state index in [2.05, 4.69) is 0 Å². The molecular formula is C9H16O5. The molecule has 0 saturated carbocycles. The zero-order valence-electron chi connectivity index (χ0n) is 8.64. The Balaban J connectivity index is 2.12. The van der Waals surface area contributed by atoms with Crippen LogP contribution >= 0.6 is 0 Å². The van der Waals surface area contributed by atoms with E-state index in [1.807, 2.05) is 6.92 Å². The van der Waals surface area contributed by atoms with E-state index in [4.69, 9.17) is 23.7 Å². The second-order valence-corrected chi connectivity index (χ2v) is 3.53.